The van der Waals surface area contributed by atoms with Gasteiger partial charge in [-0.25, -0.2) is 4.39 Å². The molecule has 3 heteroatoms. The van der Waals surface area contributed by atoms with E-state index in [0.29, 0.717) is 5.56 Å². The van der Waals surface area contributed by atoms with E-state index in [1.807, 2.05) is 30.3 Å². The third-order valence-corrected chi connectivity index (χ3v) is 3.40. The third kappa shape index (κ3) is 4.55. The first kappa shape index (κ1) is 16.0. The number of nitrogens with one attached hydrogen (secondary N) is 1. The minimum Gasteiger partial charge on any atom is -0.345 e. The van der Waals surface area contributed by atoms with Crippen molar-refractivity contribution in [2.45, 2.75) is 19.9 Å². The van der Waals surface area contributed by atoms with Gasteiger partial charge in [-0.1, -0.05) is 56.3 Å². The van der Waals surface area contributed by atoms with Crippen molar-refractivity contribution in [3.05, 3.63) is 77.6 Å². The normalized spacial score (nSPS) is 12.5. The first-order chi connectivity index (χ1) is 10.6. The zero-order chi connectivity index (χ0) is 15.9. The summed E-state index contributed by atoms with van der Waals surface area (Å²) in [6, 6.07) is 16.0. The first-order valence-corrected chi connectivity index (χ1v) is 7.35. The van der Waals surface area contributed by atoms with Crippen molar-refractivity contribution in [3.63, 3.8) is 0 Å². The molecule has 1 N–H and O–H groups in total. The molecule has 0 fully saturated rings. The van der Waals surface area contributed by atoms with Crippen molar-refractivity contribution in [2.24, 2.45) is 5.92 Å². The molecule has 2 aromatic rings. The summed E-state index contributed by atoms with van der Waals surface area (Å²) in [6.07, 6.45) is 3.05. The maximum atomic E-state index is 13.1. The minimum absolute atomic E-state index is 0.0501. The molecule has 22 heavy (non-hydrogen) atoms. The molecular weight excluding hydrogens is 277 g/mol. The van der Waals surface area contributed by atoms with Crippen LogP contribution in [-0.2, 0) is 4.79 Å². The Balaban J connectivity index is 2.06. The summed E-state index contributed by atoms with van der Waals surface area (Å²) in [7, 11) is 0. The van der Waals surface area contributed by atoms with Gasteiger partial charge < -0.3 is 5.32 Å². The number of amides is 1. The van der Waals surface area contributed by atoms with E-state index in [0.717, 1.165) is 5.56 Å². The Morgan fingerprint density at radius 3 is 2.45 bits per heavy atom. The Kier molecular flexibility index (Phi) is 5.48. The molecule has 1 atom stereocenters. The van der Waals surface area contributed by atoms with E-state index in [4.69, 9.17) is 0 Å². The van der Waals surface area contributed by atoms with Gasteiger partial charge in [0.2, 0.25) is 5.91 Å². The number of carbonyl (C=O) groups is 1. The van der Waals surface area contributed by atoms with Gasteiger partial charge in [-0.3, -0.25) is 4.79 Å². The summed E-state index contributed by atoms with van der Waals surface area (Å²) >= 11 is 0. The predicted molar refractivity (Wildman–Crippen MR) is 87.6 cm³/mol. The highest BCUT2D eigenvalue weighted by Gasteiger charge is 2.16. The largest absolute Gasteiger partial charge is 0.345 e. The summed E-state index contributed by atoms with van der Waals surface area (Å²) in [5.41, 5.74) is 1.74. The van der Waals surface area contributed by atoms with Crippen LogP contribution in [0.3, 0.4) is 0 Å². The van der Waals surface area contributed by atoms with Crippen LogP contribution >= 0.6 is 0 Å². The summed E-state index contributed by atoms with van der Waals surface area (Å²) in [5.74, 6) is -0.229. The fourth-order valence-electron chi connectivity index (χ4n) is 2.28. The van der Waals surface area contributed by atoms with Crippen LogP contribution < -0.4 is 5.32 Å². The average Bonchev–Trinajstić information content (AvgIpc) is 2.51. The van der Waals surface area contributed by atoms with Gasteiger partial charge in [-0.05, 0) is 35.3 Å². The molecule has 114 valence electrons. The van der Waals surface area contributed by atoms with E-state index in [2.05, 4.69) is 19.2 Å². The molecule has 0 unspecified atom stereocenters. The lowest BCUT2D eigenvalue weighted by Crippen LogP contribution is -2.30. The molecule has 2 aromatic carbocycles. The molecule has 0 spiro atoms. The number of carbonyl (C=O) groups excluding carboxylic acids is 1. The monoisotopic (exact) mass is 297 g/mol. The molecule has 0 saturated heterocycles. The average molecular weight is 297 g/mol. The van der Waals surface area contributed by atoms with Gasteiger partial charge in [0.15, 0.2) is 0 Å². The van der Waals surface area contributed by atoms with Crippen LogP contribution in [0.25, 0.3) is 6.08 Å². The lowest BCUT2D eigenvalue weighted by Gasteiger charge is -2.22. The predicted octanol–water partition coefficient (Wildman–Crippen LogP) is 4.35. The molecule has 0 bridgehead atoms. The lowest BCUT2D eigenvalue weighted by molar-refractivity contribution is -0.117. The Labute approximate surface area is 130 Å². The molecular formula is C19H20FNO. The van der Waals surface area contributed by atoms with Crippen molar-refractivity contribution < 1.29 is 9.18 Å². The second-order valence-corrected chi connectivity index (χ2v) is 5.53. The molecule has 0 heterocycles. The maximum Gasteiger partial charge on any atom is 0.244 e. The van der Waals surface area contributed by atoms with E-state index >= 15 is 0 Å². The molecule has 0 saturated carbocycles. The molecule has 2 nitrogen and oxygen atoms in total. The number of rotatable bonds is 5. The molecule has 1 amide bonds. The van der Waals surface area contributed by atoms with Gasteiger partial charge in [-0.2, -0.15) is 0 Å². The Hall–Kier alpha value is -2.42. The van der Waals surface area contributed by atoms with Gasteiger partial charge in [0.25, 0.3) is 0 Å². The van der Waals surface area contributed by atoms with Crippen LogP contribution in [-0.4, -0.2) is 5.91 Å². The summed E-state index contributed by atoms with van der Waals surface area (Å²) in [4.78, 5) is 12.1. The summed E-state index contributed by atoms with van der Waals surface area (Å²) in [5, 5.41) is 3.00. The van der Waals surface area contributed by atoms with Crippen molar-refractivity contribution in [3.8, 4) is 0 Å². The van der Waals surface area contributed by atoms with Crippen LogP contribution in [0, 0.1) is 11.7 Å². The zero-order valence-electron chi connectivity index (χ0n) is 12.8. The van der Waals surface area contributed by atoms with Crippen molar-refractivity contribution in [1.82, 2.24) is 5.32 Å². The fourth-order valence-corrected chi connectivity index (χ4v) is 2.28. The van der Waals surface area contributed by atoms with Crippen molar-refractivity contribution >= 4 is 12.0 Å². The Morgan fingerprint density at radius 2 is 1.82 bits per heavy atom. The second kappa shape index (κ2) is 7.55. The van der Waals surface area contributed by atoms with Gasteiger partial charge in [0, 0.05) is 6.08 Å². The van der Waals surface area contributed by atoms with Crippen LogP contribution in [0.1, 0.15) is 31.0 Å². The third-order valence-electron chi connectivity index (χ3n) is 3.40. The topological polar surface area (TPSA) is 29.1 Å². The highest BCUT2D eigenvalue weighted by atomic mass is 19.1. The van der Waals surface area contributed by atoms with Crippen molar-refractivity contribution in [2.75, 3.05) is 0 Å². The zero-order valence-corrected chi connectivity index (χ0v) is 12.8. The molecule has 0 aliphatic heterocycles. The SMILES string of the molecule is CC(C)[C@@H](NC(=O)/C=C/c1cccc(F)c1)c1ccccc1. The molecule has 0 radical (unpaired) electrons. The molecule has 0 aliphatic rings. The summed E-state index contributed by atoms with van der Waals surface area (Å²) in [6.45, 7) is 4.13. The van der Waals surface area contributed by atoms with E-state index in [1.54, 1.807) is 18.2 Å². The van der Waals surface area contributed by atoms with E-state index < -0.39 is 0 Å². The Bertz CT molecular complexity index is 649. The quantitative estimate of drug-likeness (QED) is 0.817. The lowest BCUT2D eigenvalue weighted by atomic mass is 9.96. The highest BCUT2D eigenvalue weighted by molar-refractivity contribution is 5.92. The number of halogens is 1. The summed E-state index contributed by atoms with van der Waals surface area (Å²) < 4.78 is 13.1. The van der Waals surface area contributed by atoms with E-state index in [1.165, 1.54) is 18.2 Å². The number of benzene rings is 2. The van der Waals surface area contributed by atoms with Gasteiger partial charge in [0.1, 0.15) is 5.82 Å². The minimum atomic E-state index is -0.313. The molecule has 0 aliphatic carbocycles. The van der Waals surface area contributed by atoms with Gasteiger partial charge in [0.05, 0.1) is 6.04 Å². The van der Waals surface area contributed by atoms with E-state index in [9.17, 15) is 9.18 Å². The number of hydrogen-bond acceptors (Lipinski definition) is 1. The van der Waals surface area contributed by atoms with Crippen molar-refractivity contribution in [1.29, 1.82) is 0 Å². The van der Waals surface area contributed by atoms with E-state index in [-0.39, 0.29) is 23.7 Å². The van der Waals surface area contributed by atoms with Crippen LogP contribution in [0.4, 0.5) is 4.39 Å². The van der Waals surface area contributed by atoms with Gasteiger partial charge in [-0.15, -0.1) is 0 Å². The second-order valence-electron chi connectivity index (χ2n) is 5.53. The van der Waals surface area contributed by atoms with Crippen LogP contribution in [0.15, 0.2) is 60.7 Å². The van der Waals surface area contributed by atoms with Crippen LogP contribution in [0.2, 0.25) is 0 Å². The fraction of sp³-hybridized carbons (Fsp3) is 0.211. The number of hydrogen-bond donors (Lipinski definition) is 1. The van der Waals surface area contributed by atoms with Gasteiger partial charge >= 0.3 is 0 Å². The molecule has 0 aromatic heterocycles. The smallest absolute Gasteiger partial charge is 0.244 e. The standard InChI is InChI=1S/C19H20FNO/c1-14(2)19(16-8-4-3-5-9-16)21-18(22)12-11-15-7-6-10-17(20)13-15/h3-14,19H,1-2H3,(H,21,22)/b12-11+/t19-/m1/s1. The first-order valence-electron chi connectivity index (χ1n) is 7.35. The molecule has 2 rings (SSSR count). The van der Waals surface area contributed by atoms with Crippen LogP contribution in [0.5, 0.6) is 0 Å². The highest BCUT2D eigenvalue weighted by Crippen LogP contribution is 2.21. The Morgan fingerprint density at radius 1 is 1.09 bits per heavy atom. The maximum absolute atomic E-state index is 13.1.